The summed E-state index contributed by atoms with van der Waals surface area (Å²) in [6.07, 6.45) is -0.468. The zero-order valence-corrected chi connectivity index (χ0v) is 15.5. The van der Waals surface area contributed by atoms with Crippen molar-refractivity contribution in [2.45, 2.75) is 6.10 Å². The maximum Gasteiger partial charge on any atom is 0.322 e. The minimum Gasteiger partial charge on any atom is -0.497 e. The molecule has 4 rings (SSSR count). The predicted octanol–water partition coefficient (Wildman–Crippen LogP) is 4.59. The van der Waals surface area contributed by atoms with E-state index in [2.05, 4.69) is 5.32 Å². The number of morpholine rings is 1. The molecule has 1 fully saturated rings. The van der Waals surface area contributed by atoms with Gasteiger partial charge in [-0.3, -0.25) is 0 Å². The van der Waals surface area contributed by atoms with Crippen LogP contribution in [0.4, 0.5) is 14.9 Å². The first-order chi connectivity index (χ1) is 13.6. The average Bonchev–Trinajstić information content (AvgIpc) is 2.73. The van der Waals surface area contributed by atoms with Crippen molar-refractivity contribution >= 4 is 22.5 Å². The van der Waals surface area contributed by atoms with Crippen LogP contribution < -0.4 is 10.1 Å². The Morgan fingerprint density at radius 2 is 1.93 bits per heavy atom. The van der Waals surface area contributed by atoms with E-state index in [0.29, 0.717) is 30.9 Å². The molecule has 1 aliphatic rings. The number of hydrogen-bond donors (Lipinski definition) is 1. The number of benzene rings is 3. The zero-order valence-electron chi connectivity index (χ0n) is 15.5. The molecule has 1 N–H and O–H groups in total. The topological polar surface area (TPSA) is 50.8 Å². The van der Waals surface area contributed by atoms with Gasteiger partial charge in [-0.15, -0.1) is 0 Å². The Morgan fingerprint density at radius 3 is 2.75 bits per heavy atom. The fourth-order valence-corrected chi connectivity index (χ4v) is 3.39. The number of ether oxygens (including phenoxy) is 2. The molecule has 1 aliphatic heterocycles. The number of halogens is 1. The van der Waals surface area contributed by atoms with E-state index < -0.39 is 6.10 Å². The molecule has 1 heterocycles. The highest BCUT2D eigenvalue weighted by Crippen LogP contribution is 2.26. The van der Waals surface area contributed by atoms with Gasteiger partial charge in [0.15, 0.2) is 0 Å². The summed E-state index contributed by atoms with van der Waals surface area (Å²) in [5.41, 5.74) is 1.18. The standard InChI is InChI=1S/C22H21FN2O3/c1-27-18-9-7-15-12-17(8-6-16(15)13-18)24-22(26)25-10-11-28-21(14-25)19-4-2-3-5-20(19)23/h2-9,12-13,21H,10-11,14H2,1H3,(H,24,26). The Balaban J connectivity index is 1.47. The summed E-state index contributed by atoms with van der Waals surface area (Å²) in [5, 5.41) is 4.96. The summed E-state index contributed by atoms with van der Waals surface area (Å²) >= 11 is 0. The van der Waals surface area contributed by atoms with E-state index in [1.807, 2.05) is 36.4 Å². The molecule has 28 heavy (non-hydrogen) atoms. The van der Waals surface area contributed by atoms with Gasteiger partial charge >= 0.3 is 6.03 Å². The van der Waals surface area contributed by atoms with Crippen molar-refractivity contribution in [2.24, 2.45) is 0 Å². The lowest BCUT2D eigenvalue weighted by Crippen LogP contribution is -2.44. The highest BCUT2D eigenvalue weighted by molar-refractivity contribution is 5.94. The maximum atomic E-state index is 14.0. The molecular formula is C22H21FN2O3. The van der Waals surface area contributed by atoms with E-state index in [1.165, 1.54) is 6.07 Å². The monoisotopic (exact) mass is 380 g/mol. The van der Waals surface area contributed by atoms with Gasteiger partial charge in [-0.05, 0) is 41.1 Å². The molecule has 0 bridgehead atoms. The lowest BCUT2D eigenvalue weighted by atomic mass is 10.1. The van der Waals surface area contributed by atoms with Gasteiger partial charge in [-0.2, -0.15) is 0 Å². The Bertz CT molecular complexity index is 1010. The summed E-state index contributed by atoms with van der Waals surface area (Å²) < 4.78 is 25.0. The Labute approximate surface area is 162 Å². The molecule has 1 saturated heterocycles. The Morgan fingerprint density at radius 1 is 1.14 bits per heavy atom. The minimum absolute atomic E-state index is 0.225. The van der Waals surface area contributed by atoms with Gasteiger partial charge in [0.2, 0.25) is 0 Å². The molecule has 6 heteroatoms. The number of anilines is 1. The fourth-order valence-electron chi connectivity index (χ4n) is 3.39. The normalized spacial score (nSPS) is 16.8. The molecular weight excluding hydrogens is 359 g/mol. The quantitative estimate of drug-likeness (QED) is 0.723. The second kappa shape index (κ2) is 7.86. The lowest BCUT2D eigenvalue weighted by Gasteiger charge is -2.33. The van der Waals surface area contributed by atoms with Crippen LogP contribution in [0.25, 0.3) is 10.8 Å². The van der Waals surface area contributed by atoms with E-state index in [0.717, 1.165) is 16.5 Å². The first-order valence-electron chi connectivity index (χ1n) is 9.14. The van der Waals surface area contributed by atoms with Crippen LogP contribution in [0.2, 0.25) is 0 Å². The van der Waals surface area contributed by atoms with Gasteiger partial charge < -0.3 is 19.7 Å². The highest BCUT2D eigenvalue weighted by atomic mass is 19.1. The smallest absolute Gasteiger partial charge is 0.322 e. The highest BCUT2D eigenvalue weighted by Gasteiger charge is 2.27. The van der Waals surface area contributed by atoms with Crippen LogP contribution in [0.5, 0.6) is 5.75 Å². The number of nitrogens with one attached hydrogen (secondary N) is 1. The minimum atomic E-state index is -0.468. The summed E-state index contributed by atoms with van der Waals surface area (Å²) in [5.74, 6) is 0.469. The summed E-state index contributed by atoms with van der Waals surface area (Å²) in [6.45, 7) is 1.13. The number of nitrogens with zero attached hydrogens (tertiary/aromatic N) is 1. The lowest BCUT2D eigenvalue weighted by molar-refractivity contribution is -0.0152. The second-order valence-corrected chi connectivity index (χ2v) is 6.68. The maximum absolute atomic E-state index is 14.0. The second-order valence-electron chi connectivity index (χ2n) is 6.68. The number of carbonyl (C=O) groups excluding carboxylic acids is 1. The van der Waals surface area contributed by atoms with E-state index in [1.54, 1.807) is 30.2 Å². The van der Waals surface area contributed by atoms with Crippen LogP contribution >= 0.6 is 0 Å². The molecule has 3 aromatic rings. The summed E-state index contributed by atoms with van der Waals surface area (Å²) in [6, 6.07) is 17.8. The largest absolute Gasteiger partial charge is 0.497 e. The van der Waals surface area contributed by atoms with Crippen LogP contribution in [0, 0.1) is 5.82 Å². The van der Waals surface area contributed by atoms with Gasteiger partial charge in [-0.25, -0.2) is 9.18 Å². The molecule has 0 aromatic heterocycles. The van der Waals surface area contributed by atoms with Crippen LogP contribution in [0.15, 0.2) is 60.7 Å². The molecule has 1 atom stereocenters. The molecule has 0 spiro atoms. The first-order valence-corrected chi connectivity index (χ1v) is 9.14. The Kier molecular flexibility index (Phi) is 5.12. The van der Waals surface area contributed by atoms with Crippen LogP contribution in [-0.2, 0) is 4.74 Å². The number of rotatable bonds is 3. The van der Waals surface area contributed by atoms with Crippen molar-refractivity contribution in [3.63, 3.8) is 0 Å². The molecule has 2 amide bonds. The van der Waals surface area contributed by atoms with Crippen molar-refractivity contribution in [2.75, 3.05) is 32.1 Å². The van der Waals surface area contributed by atoms with Crippen LogP contribution in [0.1, 0.15) is 11.7 Å². The third-order valence-electron chi connectivity index (χ3n) is 4.90. The number of urea groups is 1. The molecule has 0 radical (unpaired) electrons. The van der Waals surface area contributed by atoms with Gasteiger partial charge in [0.05, 0.1) is 20.3 Å². The van der Waals surface area contributed by atoms with Crippen LogP contribution in [0.3, 0.4) is 0 Å². The SMILES string of the molecule is COc1ccc2cc(NC(=O)N3CCOC(c4ccccc4F)C3)ccc2c1. The van der Waals surface area contributed by atoms with Crippen molar-refractivity contribution in [3.8, 4) is 5.75 Å². The Hall–Kier alpha value is -3.12. The van der Waals surface area contributed by atoms with Crippen molar-refractivity contribution < 1.29 is 18.7 Å². The predicted molar refractivity (Wildman–Crippen MR) is 106 cm³/mol. The van der Waals surface area contributed by atoms with E-state index >= 15 is 0 Å². The fraction of sp³-hybridized carbons (Fsp3) is 0.227. The zero-order chi connectivity index (χ0) is 19.5. The van der Waals surface area contributed by atoms with E-state index in [-0.39, 0.29) is 11.8 Å². The third kappa shape index (κ3) is 3.77. The van der Waals surface area contributed by atoms with E-state index in [4.69, 9.17) is 9.47 Å². The average molecular weight is 380 g/mol. The number of carbonyl (C=O) groups is 1. The number of amides is 2. The molecule has 0 aliphatic carbocycles. The number of methoxy groups -OCH3 is 1. The van der Waals surface area contributed by atoms with Crippen molar-refractivity contribution in [1.82, 2.24) is 4.90 Å². The van der Waals surface area contributed by atoms with E-state index in [9.17, 15) is 9.18 Å². The number of hydrogen-bond acceptors (Lipinski definition) is 3. The summed E-state index contributed by atoms with van der Waals surface area (Å²) in [7, 11) is 1.63. The van der Waals surface area contributed by atoms with Gasteiger partial charge in [-0.1, -0.05) is 30.3 Å². The van der Waals surface area contributed by atoms with Crippen molar-refractivity contribution in [1.29, 1.82) is 0 Å². The van der Waals surface area contributed by atoms with Gasteiger partial charge in [0.25, 0.3) is 0 Å². The van der Waals surface area contributed by atoms with Gasteiger partial charge in [0, 0.05) is 17.8 Å². The third-order valence-corrected chi connectivity index (χ3v) is 4.90. The molecule has 0 saturated carbocycles. The van der Waals surface area contributed by atoms with Crippen LogP contribution in [-0.4, -0.2) is 37.7 Å². The molecule has 5 nitrogen and oxygen atoms in total. The first kappa shape index (κ1) is 18.3. The molecule has 3 aromatic carbocycles. The summed E-state index contributed by atoms with van der Waals surface area (Å²) in [4.78, 5) is 14.4. The number of fused-ring (bicyclic) bond motifs is 1. The molecule has 144 valence electrons. The van der Waals surface area contributed by atoms with Crippen molar-refractivity contribution in [3.05, 3.63) is 72.0 Å². The molecule has 1 unspecified atom stereocenters. The van der Waals surface area contributed by atoms with Gasteiger partial charge in [0.1, 0.15) is 17.7 Å².